The maximum absolute atomic E-state index is 11.2. The molecule has 114 valence electrons. The number of ether oxygens (including phenoxy) is 2. The molecule has 0 bridgehead atoms. The molecule has 0 unspecified atom stereocenters. The predicted molar refractivity (Wildman–Crippen MR) is 82.9 cm³/mol. The number of carbonyl (C=O) groups is 1. The minimum Gasteiger partial charge on any atom is -0.490 e. The fourth-order valence-electron chi connectivity index (χ4n) is 2.42. The Labute approximate surface area is 128 Å². The lowest BCUT2D eigenvalue weighted by Crippen LogP contribution is -2.28. The Morgan fingerprint density at radius 2 is 2.14 bits per heavy atom. The topological polar surface area (TPSA) is 59.0 Å². The van der Waals surface area contributed by atoms with Gasteiger partial charge in [-0.05, 0) is 29.8 Å². The van der Waals surface area contributed by atoms with Gasteiger partial charge >= 0.3 is 5.97 Å². The zero-order valence-corrected chi connectivity index (χ0v) is 12.3. The van der Waals surface area contributed by atoms with Gasteiger partial charge in [0.25, 0.3) is 0 Å². The Bertz CT molecular complexity index is 699. The van der Waals surface area contributed by atoms with Gasteiger partial charge in [-0.3, -0.25) is 0 Å². The highest BCUT2D eigenvalue weighted by atomic mass is 16.5. The van der Waals surface area contributed by atoms with E-state index in [0.29, 0.717) is 19.0 Å². The third kappa shape index (κ3) is 2.83. The fraction of sp³-hybridized carbons (Fsp3) is 0.235. The van der Waals surface area contributed by atoms with Crippen molar-refractivity contribution in [2.24, 2.45) is 0 Å². The monoisotopic (exact) mass is 299 g/mol. The first kappa shape index (κ1) is 14.3. The Kier molecular flexibility index (Phi) is 3.87. The maximum Gasteiger partial charge on any atom is 0.339 e. The van der Waals surface area contributed by atoms with E-state index in [2.05, 4.69) is 4.90 Å². The SMILES string of the molecule is CN1CCOc2ccc(COc3ccccc3C(=O)O)cc21. The van der Waals surface area contributed by atoms with E-state index in [1.165, 1.54) is 6.07 Å². The van der Waals surface area contributed by atoms with Gasteiger partial charge in [0.1, 0.15) is 30.3 Å². The number of para-hydroxylation sites is 1. The molecule has 1 aliphatic heterocycles. The second-order valence-electron chi connectivity index (χ2n) is 5.16. The van der Waals surface area contributed by atoms with Gasteiger partial charge in [-0.15, -0.1) is 0 Å². The van der Waals surface area contributed by atoms with Crippen LogP contribution in [0.4, 0.5) is 5.69 Å². The highest BCUT2D eigenvalue weighted by Gasteiger charge is 2.15. The number of nitrogens with zero attached hydrogens (tertiary/aromatic N) is 1. The van der Waals surface area contributed by atoms with Crippen LogP contribution in [-0.4, -0.2) is 31.3 Å². The third-order valence-corrected chi connectivity index (χ3v) is 3.63. The largest absolute Gasteiger partial charge is 0.490 e. The summed E-state index contributed by atoms with van der Waals surface area (Å²) in [6, 6.07) is 12.5. The second-order valence-corrected chi connectivity index (χ2v) is 5.16. The Hall–Kier alpha value is -2.69. The van der Waals surface area contributed by atoms with E-state index in [1.54, 1.807) is 18.2 Å². The summed E-state index contributed by atoms with van der Waals surface area (Å²) < 4.78 is 11.3. The van der Waals surface area contributed by atoms with E-state index in [4.69, 9.17) is 14.6 Å². The first-order valence-corrected chi connectivity index (χ1v) is 7.07. The summed E-state index contributed by atoms with van der Waals surface area (Å²) in [6.45, 7) is 1.84. The summed E-state index contributed by atoms with van der Waals surface area (Å²) in [4.78, 5) is 13.3. The molecule has 0 spiro atoms. The van der Waals surface area contributed by atoms with Crippen molar-refractivity contribution in [2.45, 2.75) is 6.61 Å². The molecule has 0 saturated heterocycles. The van der Waals surface area contributed by atoms with Crippen LogP contribution in [0.25, 0.3) is 0 Å². The fourth-order valence-corrected chi connectivity index (χ4v) is 2.42. The van der Waals surface area contributed by atoms with E-state index >= 15 is 0 Å². The lowest BCUT2D eigenvalue weighted by Gasteiger charge is -2.28. The molecule has 0 saturated carbocycles. The van der Waals surface area contributed by atoms with Gasteiger partial charge in [-0.2, -0.15) is 0 Å². The number of rotatable bonds is 4. The average Bonchev–Trinajstić information content (AvgIpc) is 2.53. The van der Waals surface area contributed by atoms with Crippen molar-refractivity contribution in [3.05, 3.63) is 53.6 Å². The molecule has 1 aliphatic rings. The first-order chi connectivity index (χ1) is 10.6. The van der Waals surface area contributed by atoms with Crippen LogP contribution in [0.5, 0.6) is 11.5 Å². The predicted octanol–water partition coefficient (Wildman–Crippen LogP) is 2.79. The van der Waals surface area contributed by atoms with Crippen molar-refractivity contribution in [3.63, 3.8) is 0 Å². The molecule has 0 fully saturated rings. The number of hydrogen-bond acceptors (Lipinski definition) is 4. The molecule has 0 atom stereocenters. The van der Waals surface area contributed by atoms with E-state index in [0.717, 1.165) is 23.5 Å². The van der Waals surface area contributed by atoms with Crippen LogP contribution in [-0.2, 0) is 6.61 Å². The summed E-state index contributed by atoms with van der Waals surface area (Å²) in [5, 5.41) is 9.15. The van der Waals surface area contributed by atoms with Gasteiger partial charge in [-0.1, -0.05) is 18.2 Å². The zero-order chi connectivity index (χ0) is 15.5. The molecule has 2 aromatic rings. The van der Waals surface area contributed by atoms with E-state index < -0.39 is 5.97 Å². The van der Waals surface area contributed by atoms with Gasteiger partial charge in [0.15, 0.2) is 0 Å². The van der Waals surface area contributed by atoms with Crippen LogP contribution in [0.2, 0.25) is 0 Å². The van der Waals surface area contributed by atoms with Crippen LogP contribution in [0.15, 0.2) is 42.5 Å². The number of carboxylic acid groups (broad SMARTS) is 1. The molecule has 5 heteroatoms. The molecular formula is C17H17NO4. The van der Waals surface area contributed by atoms with E-state index in [-0.39, 0.29) is 5.56 Å². The van der Waals surface area contributed by atoms with E-state index in [9.17, 15) is 4.79 Å². The number of fused-ring (bicyclic) bond motifs is 1. The Balaban J connectivity index is 1.77. The highest BCUT2D eigenvalue weighted by Crippen LogP contribution is 2.32. The van der Waals surface area contributed by atoms with Gasteiger partial charge in [0, 0.05) is 7.05 Å². The normalized spacial score (nSPS) is 13.2. The van der Waals surface area contributed by atoms with Crippen LogP contribution >= 0.6 is 0 Å². The molecule has 0 aliphatic carbocycles. The van der Waals surface area contributed by atoms with Crippen LogP contribution in [0, 0.1) is 0 Å². The molecule has 5 nitrogen and oxygen atoms in total. The smallest absolute Gasteiger partial charge is 0.339 e. The highest BCUT2D eigenvalue weighted by molar-refractivity contribution is 5.90. The van der Waals surface area contributed by atoms with E-state index in [1.807, 2.05) is 25.2 Å². The molecule has 1 heterocycles. The van der Waals surface area contributed by atoms with Crippen molar-refractivity contribution in [1.82, 2.24) is 0 Å². The Morgan fingerprint density at radius 3 is 2.95 bits per heavy atom. The van der Waals surface area contributed by atoms with Crippen molar-refractivity contribution in [1.29, 1.82) is 0 Å². The number of aromatic carboxylic acids is 1. The van der Waals surface area contributed by atoms with Gasteiger partial charge in [-0.25, -0.2) is 4.79 Å². The lowest BCUT2D eigenvalue weighted by molar-refractivity contribution is 0.0692. The van der Waals surface area contributed by atoms with Crippen molar-refractivity contribution in [2.75, 3.05) is 25.1 Å². The number of anilines is 1. The summed E-state index contributed by atoms with van der Waals surface area (Å²) in [5.41, 5.74) is 2.16. The minimum atomic E-state index is -0.992. The third-order valence-electron chi connectivity index (χ3n) is 3.63. The molecular weight excluding hydrogens is 282 g/mol. The van der Waals surface area contributed by atoms with Crippen LogP contribution < -0.4 is 14.4 Å². The summed E-state index contributed by atoms with van der Waals surface area (Å²) in [5.74, 6) is 0.245. The number of likely N-dealkylation sites (N-methyl/N-ethyl adjacent to an activating group) is 1. The average molecular weight is 299 g/mol. The van der Waals surface area contributed by atoms with Gasteiger partial charge in [0.05, 0.1) is 12.2 Å². The Morgan fingerprint density at radius 1 is 1.32 bits per heavy atom. The van der Waals surface area contributed by atoms with Crippen LogP contribution in [0.3, 0.4) is 0 Å². The molecule has 1 N–H and O–H groups in total. The van der Waals surface area contributed by atoms with Crippen molar-refractivity contribution in [3.8, 4) is 11.5 Å². The van der Waals surface area contributed by atoms with Crippen molar-refractivity contribution < 1.29 is 19.4 Å². The van der Waals surface area contributed by atoms with Crippen LogP contribution in [0.1, 0.15) is 15.9 Å². The summed E-state index contributed by atoms with van der Waals surface area (Å²) in [6.07, 6.45) is 0. The molecule has 0 radical (unpaired) electrons. The quantitative estimate of drug-likeness (QED) is 0.940. The zero-order valence-electron chi connectivity index (χ0n) is 12.3. The number of hydrogen-bond donors (Lipinski definition) is 1. The number of benzene rings is 2. The summed E-state index contributed by atoms with van der Waals surface area (Å²) in [7, 11) is 2.02. The second kappa shape index (κ2) is 5.97. The lowest BCUT2D eigenvalue weighted by atomic mass is 10.1. The summed E-state index contributed by atoms with van der Waals surface area (Å²) >= 11 is 0. The minimum absolute atomic E-state index is 0.168. The first-order valence-electron chi connectivity index (χ1n) is 7.07. The molecule has 3 rings (SSSR count). The number of carboxylic acids is 1. The molecule has 0 aromatic heterocycles. The maximum atomic E-state index is 11.2. The standard InChI is InChI=1S/C17H17NO4/c1-18-8-9-21-16-7-6-12(10-14(16)18)11-22-15-5-3-2-4-13(15)17(19)20/h2-7,10H,8-9,11H2,1H3,(H,19,20). The molecule has 0 amide bonds. The van der Waals surface area contributed by atoms with Gasteiger partial charge in [0.2, 0.25) is 0 Å². The molecule has 2 aromatic carbocycles. The van der Waals surface area contributed by atoms with Gasteiger partial charge < -0.3 is 19.5 Å². The van der Waals surface area contributed by atoms with Crippen molar-refractivity contribution >= 4 is 11.7 Å². The molecule has 22 heavy (non-hydrogen) atoms.